The van der Waals surface area contributed by atoms with Gasteiger partial charge in [-0.05, 0) is 12.1 Å². The second-order valence-corrected chi connectivity index (χ2v) is 3.20. The quantitative estimate of drug-likeness (QED) is 0.601. The highest BCUT2D eigenvalue weighted by Crippen LogP contribution is 2.33. The number of aldehydes is 1. The molecular weight excluding hydrogens is 251 g/mol. The molecule has 1 aromatic rings. The Morgan fingerprint density at radius 1 is 1.44 bits per heavy atom. The van der Waals surface area contributed by atoms with Crippen LogP contribution in [0, 0.1) is 11.3 Å². The van der Waals surface area contributed by atoms with Crippen molar-refractivity contribution in [2.24, 2.45) is 0 Å². The Hall–Kier alpha value is -2.36. The summed E-state index contributed by atoms with van der Waals surface area (Å²) < 4.78 is 42.1. The average Bonchev–Trinajstić information content (AvgIpc) is 2.34. The van der Waals surface area contributed by atoms with Gasteiger partial charge in [0.15, 0.2) is 6.29 Å². The van der Waals surface area contributed by atoms with Crippen LogP contribution in [0.25, 0.3) is 0 Å². The fourth-order valence-corrected chi connectivity index (χ4v) is 1.33. The number of methoxy groups -OCH3 is 1. The lowest BCUT2D eigenvalue weighted by atomic mass is 9.99. The van der Waals surface area contributed by atoms with E-state index in [9.17, 15) is 22.8 Å². The van der Waals surface area contributed by atoms with Gasteiger partial charge in [-0.25, -0.2) is 4.79 Å². The van der Waals surface area contributed by atoms with Crippen LogP contribution in [0.4, 0.5) is 13.2 Å². The Morgan fingerprint density at radius 2 is 2.06 bits per heavy atom. The maximum absolute atomic E-state index is 12.6. The third-order valence-electron chi connectivity index (χ3n) is 2.15. The lowest BCUT2D eigenvalue weighted by Crippen LogP contribution is -2.13. The Bertz CT molecular complexity index is 544. The summed E-state index contributed by atoms with van der Waals surface area (Å²) in [6.45, 7) is 0. The first-order valence-corrected chi connectivity index (χ1v) is 4.54. The van der Waals surface area contributed by atoms with Crippen molar-refractivity contribution >= 4 is 12.3 Å². The van der Waals surface area contributed by atoms with Crippen molar-refractivity contribution in [3.63, 3.8) is 0 Å². The summed E-state index contributed by atoms with van der Waals surface area (Å²) in [5.41, 5.74) is -2.86. The maximum Gasteiger partial charge on any atom is 0.417 e. The first-order chi connectivity index (χ1) is 8.35. The van der Waals surface area contributed by atoms with Crippen molar-refractivity contribution in [2.45, 2.75) is 6.18 Å². The number of carbonyl (C=O) groups is 2. The van der Waals surface area contributed by atoms with Crippen LogP contribution in [0.2, 0.25) is 0 Å². The molecule has 0 aromatic heterocycles. The number of hydrogen-bond donors (Lipinski definition) is 0. The van der Waals surface area contributed by atoms with Crippen LogP contribution in [0.5, 0.6) is 0 Å². The number of carbonyl (C=O) groups excluding carboxylic acids is 2. The Kier molecular flexibility index (Phi) is 3.71. The SMILES string of the molecule is COC(=O)c1cc(C#N)c(C(F)(F)F)cc1C=O. The van der Waals surface area contributed by atoms with Gasteiger partial charge in [0, 0.05) is 5.56 Å². The molecule has 0 spiro atoms. The van der Waals surface area contributed by atoms with E-state index in [-0.39, 0.29) is 11.8 Å². The molecule has 0 saturated heterocycles. The van der Waals surface area contributed by atoms with Crippen LogP contribution in [0.3, 0.4) is 0 Å². The fraction of sp³-hybridized carbons (Fsp3) is 0.182. The molecule has 7 heteroatoms. The summed E-state index contributed by atoms with van der Waals surface area (Å²) in [5.74, 6) is -0.984. The molecule has 0 atom stereocenters. The predicted molar refractivity (Wildman–Crippen MR) is 52.9 cm³/mol. The normalized spacial score (nSPS) is 10.6. The molecule has 1 aromatic carbocycles. The van der Waals surface area contributed by atoms with Gasteiger partial charge in [0.05, 0.1) is 29.9 Å². The van der Waals surface area contributed by atoms with Crippen molar-refractivity contribution in [1.82, 2.24) is 0 Å². The summed E-state index contributed by atoms with van der Waals surface area (Å²) in [6, 6.07) is 2.48. The number of rotatable bonds is 2. The standard InChI is InChI=1S/C11H6F3NO3/c1-18-10(17)8-2-6(4-15)9(11(12,13)14)3-7(8)5-16/h2-3,5H,1H3. The number of benzene rings is 1. The molecule has 0 unspecified atom stereocenters. The summed E-state index contributed by atoms with van der Waals surface area (Å²) in [5, 5.41) is 8.63. The molecule has 0 radical (unpaired) electrons. The molecule has 0 saturated carbocycles. The van der Waals surface area contributed by atoms with Gasteiger partial charge >= 0.3 is 12.1 Å². The van der Waals surface area contributed by atoms with E-state index < -0.39 is 28.8 Å². The largest absolute Gasteiger partial charge is 0.465 e. The average molecular weight is 257 g/mol. The van der Waals surface area contributed by atoms with Crippen LogP contribution in [-0.2, 0) is 10.9 Å². The van der Waals surface area contributed by atoms with Gasteiger partial charge in [0.1, 0.15) is 0 Å². The molecule has 0 aliphatic heterocycles. The zero-order valence-electron chi connectivity index (χ0n) is 9.04. The number of halogens is 3. The zero-order valence-corrected chi connectivity index (χ0v) is 9.04. The fourth-order valence-electron chi connectivity index (χ4n) is 1.33. The lowest BCUT2D eigenvalue weighted by Gasteiger charge is -2.11. The second-order valence-electron chi connectivity index (χ2n) is 3.20. The van der Waals surface area contributed by atoms with Gasteiger partial charge in [0.25, 0.3) is 0 Å². The van der Waals surface area contributed by atoms with Gasteiger partial charge in [-0.15, -0.1) is 0 Å². The minimum Gasteiger partial charge on any atom is -0.465 e. The molecule has 94 valence electrons. The van der Waals surface area contributed by atoms with Crippen molar-refractivity contribution in [2.75, 3.05) is 7.11 Å². The van der Waals surface area contributed by atoms with Crippen LogP contribution >= 0.6 is 0 Å². The van der Waals surface area contributed by atoms with E-state index in [4.69, 9.17) is 5.26 Å². The van der Waals surface area contributed by atoms with Gasteiger partial charge < -0.3 is 4.74 Å². The first kappa shape index (κ1) is 13.7. The van der Waals surface area contributed by atoms with Crippen molar-refractivity contribution in [3.8, 4) is 6.07 Å². The molecular formula is C11H6F3NO3. The zero-order chi connectivity index (χ0) is 13.9. The number of hydrogen-bond acceptors (Lipinski definition) is 4. The van der Waals surface area contributed by atoms with E-state index in [2.05, 4.69) is 4.74 Å². The van der Waals surface area contributed by atoms with Crippen LogP contribution in [0.15, 0.2) is 12.1 Å². The third kappa shape index (κ3) is 2.48. The highest BCUT2D eigenvalue weighted by Gasteiger charge is 2.35. The smallest absolute Gasteiger partial charge is 0.417 e. The van der Waals surface area contributed by atoms with Gasteiger partial charge in [-0.2, -0.15) is 18.4 Å². The number of nitriles is 1. The van der Waals surface area contributed by atoms with Crippen LogP contribution in [0.1, 0.15) is 31.8 Å². The maximum atomic E-state index is 12.6. The molecule has 4 nitrogen and oxygen atoms in total. The monoisotopic (exact) mass is 257 g/mol. The van der Waals surface area contributed by atoms with E-state index in [0.29, 0.717) is 12.1 Å². The van der Waals surface area contributed by atoms with Crippen LogP contribution in [-0.4, -0.2) is 19.4 Å². The molecule has 0 aliphatic carbocycles. The molecule has 0 fully saturated rings. The van der Waals surface area contributed by atoms with Gasteiger partial charge in [-0.3, -0.25) is 4.79 Å². The second kappa shape index (κ2) is 4.87. The molecule has 18 heavy (non-hydrogen) atoms. The highest BCUT2D eigenvalue weighted by atomic mass is 19.4. The summed E-state index contributed by atoms with van der Waals surface area (Å²) in [7, 11) is 1.01. The summed E-state index contributed by atoms with van der Waals surface area (Å²) in [6.07, 6.45) is -4.68. The number of ether oxygens (including phenoxy) is 1. The van der Waals surface area contributed by atoms with E-state index in [1.54, 1.807) is 0 Å². The number of esters is 1. The van der Waals surface area contributed by atoms with E-state index >= 15 is 0 Å². The minimum atomic E-state index is -4.78. The lowest BCUT2D eigenvalue weighted by molar-refractivity contribution is -0.137. The van der Waals surface area contributed by atoms with Gasteiger partial charge in [-0.1, -0.05) is 0 Å². The number of alkyl halides is 3. The topological polar surface area (TPSA) is 67.2 Å². The Balaban J connectivity index is 3.58. The molecule has 0 heterocycles. The van der Waals surface area contributed by atoms with E-state index in [1.807, 2.05) is 0 Å². The van der Waals surface area contributed by atoms with Crippen molar-refractivity contribution in [1.29, 1.82) is 5.26 Å². The molecule has 0 bridgehead atoms. The molecule has 0 amide bonds. The van der Waals surface area contributed by atoms with Gasteiger partial charge in [0.2, 0.25) is 0 Å². The first-order valence-electron chi connectivity index (χ1n) is 4.54. The summed E-state index contributed by atoms with van der Waals surface area (Å²) >= 11 is 0. The summed E-state index contributed by atoms with van der Waals surface area (Å²) in [4.78, 5) is 21.9. The highest BCUT2D eigenvalue weighted by molar-refractivity contribution is 5.98. The van der Waals surface area contributed by atoms with Crippen LogP contribution < -0.4 is 0 Å². The number of nitrogens with zero attached hydrogens (tertiary/aromatic N) is 1. The Morgan fingerprint density at radius 3 is 2.44 bits per heavy atom. The van der Waals surface area contributed by atoms with E-state index in [0.717, 1.165) is 7.11 Å². The van der Waals surface area contributed by atoms with Crippen molar-refractivity contribution < 1.29 is 27.5 Å². The Labute approximate surface area is 99.6 Å². The minimum absolute atomic E-state index is 0.0998. The predicted octanol–water partition coefficient (Wildman–Crippen LogP) is 2.18. The third-order valence-corrected chi connectivity index (χ3v) is 2.15. The molecule has 1 rings (SSSR count). The van der Waals surface area contributed by atoms with Crippen molar-refractivity contribution in [3.05, 3.63) is 34.4 Å². The van der Waals surface area contributed by atoms with E-state index in [1.165, 1.54) is 6.07 Å². The molecule has 0 aliphatic rings. The molecule has 0 N–H and O–H groups in total.